The molecule has 2 nitrogen and oxygen atoms in total. The van der Waals surface area contributed by atoms with Crippen molar-refractivity contribution in [2.75, 3.05) is 13.1 Å². The second kappa shape index (κ2) is 9.19. The summed E-state index contributed by atoms with van der Waals surface area (Å²) in [5.41, 5.74) is 2.56. The zero-order chi connectivity index (χ0) is 15.8. The van der Waals surface area contributed by atoms with Crippen LogP contribution in [0.2, 0.25) is 0 Å². The molecule has 0 unspecified atom stereocenters. The number of aromatic hydroxyl groups is 1. The second-order valence-corrected chi connectivity index (χ2v) is 6.86. The molecule has 1 aliphatic carbocycles. The van der Waals surface area contributed by atoms with Crippen LogP contribution < -0.4 is 0 Å². The molecule has 0 aliphatic heterocycles. The van der Waals surface area contributed by atoms with E-state index >= 15 is 0 Å². The molecule has 0 atom stereocenters. The number of nitrogens with zero attached hydrogens (tertiary/aromatic N) is 1. The van der Waals surface area contributed by atoms with Crippen molar-refractivity contribution in [1.29, 1.82) is 0 Å². The average molecular weight is 303 g/mol. The van der Waals surface area contributed by atoms with Gasteiger partial charge in [0.15, 0.2) is 0 Å². The van der Waals surface area contributed by atoms with Crippen LogP contribution in [-0.2, 0) is 6.54 Å². The molecule has 0 radical (unpaired) electrons. The van der Waals surface area contributed by atoms with Crippen LogP contribution in [0.3, 0.4) is 0 Å². The molecule has 124 valence electrons. The Morgan fingerprint density at radius 2 is 1.68 bits per heavy atom. The molecule has 1 aliphatic rings. The van der Waals surface area contributed by atoms with Crippen LogP contribution in [0.4, 0.5) is 0 Å². The van der Waals surface area contributed by atoms with Crippen molar-refractivity contribution in [3.8, 4) is 5.75 Å². The van der Waals surface area contributed by atoms with Gasteiger partial charge in [-0.1, -0.05) is 51.7 Å². The number of hydrogen-bond donors (Lipinski definition) is 1. The molecule has 0 aromatic heterocycles. The van der Waals surface area contributed by atoms with E-state index in [1.807, 2.05) is 6.07 Å². The fraction of sp³-hybridized carbons (Fsp3) is 0.700. The van der Waals surface area contributed by atoms with Gasteiger partial charge in [0, 0.05) is 6.54 Å². The summed E-state index contributed by atoms with van der Waals surface area (Å²) in [6, 6.07) is 6.30. The molecule has 1 saturated carbocycles. The highest BCUT2D eigenvalue weighted by Gasteiger charge is 2.20. The Balaban J connectivity index is 2.04. The van der Waals surface area contributed by atoms with Gasteiger partial charge in [-0.05, 0) is 61.9 Å². The molecule has 1 fully saturated rings. The molecule has 1 aromatic carbocycles. The highest BCUT2D eigenvalue weighted by atomic mass is 16.3. The van der Waals surface area contributed by atoms with Crippen molar-refractivity contribution >= 4 is 0 Å². The van der Waals surface area contributed by atoms with Crippen LogP contribution >= 0.6 is 0 Å². The van der Waals surface area contributed by atoms with Crippen LogP contribution in [-0.4, -0.2) is 23.1 Å². The van der Waals surface area contributed by atoms with E-state index in [2.05, 4.69) is 30.9 Å². The lowest BCUT2D eigenvalue weighted by Gasteiger charge is -2.23. The monoisotopic (exact) mass is 303 g/mol. The van der Waals surface area contributed by atoms with Crippen LogP contribution in [0.5, 0.6) is 5.75 Å². The molecule has 1 N–H and O–H groups in total. The van der Waals surface area contributed by atoms with E-state index < -0.39 is 0 Å². The predicted molar refractivity (Wildman–Crippen MR) is 94.4 cm³/mol. The highest BCUT2D eigenvalue weighted by molar-refractivity contribution is 5.39. The number of rotatable bonds is 9. The summed E-state index contributed by atoms with van der Waals surface area (Å²) < 4.78 is 0. The third kappa shape index (κ3) is 5.01. The Morgan fingerprint density at radius 3 is 2.27 bits per heavy atom. The Morgan fingerprint density at radius 1 is 1.05 bits per heavy atom. The fourth-order valence-corrected chi connectivity index (χ4v) is 3.56. The third-order valence-corrected chi connectivity index (χ3v) is 4.95. The number of phenols is 1. The van der Waals surface area contributed by atoms with E-state index in [0.29, 0.717) is 11.7 Å². The van der Waals surface area contributed by atoms with Crippen LogP contribution in [0.1, 0.15) is 82.3 Å². The second-order valence-electron chi connectivity index (χ2n) is 6.86. The Bertz CT molecular complexity index is 429. The molecule has 2 heteroatoms. The summed E-state index contributed by atoms with van der Waals surface area (Å²) in [5, 5.41) is 10.2. The minimum Gasteiger partial charge on any atom is -0.508 e. The first-order valence-electron chi connectivity index (χ1n) is 9.28. The molecule has 0 heterocycles. The summed E-state index contributed by atoms with van der Waals surface area (Å²) in [5.74, 6) is 1.09. The van der Waals surface area contributed by atoms with Crippen molar-refractivity contribution < 1.29 is 5.11 Å². The molecule has 0 spiro atoms. The SMILES string of the molecule is CCCCN(CCCC)Cc1ccc(O)c(C2CCCC2)c1. The van der Waals surface area contributed by atoms with E-state index in [9.17, 15) is 5.11 Å². The summed E-state index contributed by atoms with van der Waals surface area (Å²) in [6.07, 6.45) is 10.2. The van der Waals surface area contributed by atoms with Gasteiger partial charge in [-0.15, -0.1) is 0 Å². The molecule has 0 bridgehead atoms. The van der Waals surface area contributed by atoms with Crippen molar-refractivity contribution in [2.45, 2.75) is 77.7 Å². The smallest absolute Gasteiger partial charge is 0.119 e. The molecular formula is C20H33NO. The maximum atomic E-state index is 10.2. The third-order valence-electron chi connectivity index (χ3n) is 4.95. The number of phenolic OH excluding ortho intramolecular Hbond substituents is 1. The largest absolute Gasteiger partial charge is 0.508 e. The van der Waals surface area contributed by atoms with E-state index in [-0.39, 0.29) is 0 Å². The predicted octanol–water partition coefficient (Wildman–Crippen LogP) is 5.45. The lowest BCUT2D eigenvalue weighted by molar-refractivity contribution is 0.257. The standard InChI is InChI=1S/C20H33NO/c1-3-5-13-21(14-6-4-2)16-17-11-12-20(22)19(15-17)18-9-7-8-10-18/h11-12,15,18,22H,3-10,13-14,16H2,1-2H3. The molecule has 0 amide bonds. The van der Waals surface area contributed by atoms with Gasteiger partial charge in [-0.2, -0.15) is 0 Å². The van der Waals surface area contributed by atoms with Gasteiger partial charge >= 0.3 is 0 Å². The van der Waals surface area contributed by atoms with Gasteiger partial charge in [0.1, 0.15) is 5.75 Å². The van der Waals surface area contributed by atoms with Crippen molar-refractivity contribution in [1.82, 2.24) is 4.90 Å². The summed E-state index contributed by atoms with van der Waals surface area (Å²) in [7, 11) is 0. The molecule has 22 heavy (non-hydrogen) atoms. The minimum absolute atomic E-state index is 0.504. The number of hydrogen-bond acceptors (Lipinski definition) is 2. The molecule has 0 saturated heterocycles. The van der Waals surface area contributed by atoms with E-state index in [0.717, 1.165) is 6.54 Å². The van der Waals surface area contributed by atoms with Crippen molar-refractivity contribution in [3.05, 3.63) is 29.3 Å². The Hall–Kier alpha value is -1.02. The van der Waals surface area contributed by atoms with Crippen molar-refractivity contribution in [3.63, 3.8) is 0 Å². The van der Waals surface area contributed by atoms with Gasteiger partial charge in [0.25, 0.3) is 0 Å². The Labute approximate surface area is 136 Å². The topological polar surface area (TPSA) is 23.5 Å². The first-order valence-corrected chi connectivity index (χ1v) is 9.28. The maximum Gasteiger partial charge on any atom is 0.119 e. The van der Waals surface area contributed by atoms with Gasteiger partial charge in [0.2, 0.25) is 0 Å². The minimum atomic E-state index is 0.504. The normalized spacial score (nSPS) is 15.8. The van der Waals surface area contributed by atoms with E-state index in [1.165, 1.54) is 75.6 Å². The zero-order valence-electron chi connectivity index (χ0n) is 14.5. The van der Waals surface area contributed by atoms with Gasteiger partial charge in [-0.3, -0.25) is 4.90 Å². The first-order chi connectivity index (χ1) is 10.7. The maximum absolute atomic E-state index is 10.2. The van der Waals surface area contributed by atoms with Crippen LogP contribution in [0.25, 0.3) is 0 Å². The number of unbranched alkanes of at least 4 members (excludes halogenated alkanes) is 2. The zero-order valence-corrected chi connectivity index (χ0v) is 14.5. The summed E-state index contributed by atoms with van der Waals surface area (Å²) >= 11 is 0. The molecule has 2 rings (SSSR count). The molecule has 1 aromatic rings. The first kappa shape index (κ1) is 17.3. The van der Waals surface area contributed by atoms with Crippen LogP contribution in [0.15, 0.2) is 18.2 Å². The van der Waals surface area contributed by atoms with E-state index in [1.54, 1.807) is 0 Å². The average Bonchev–Trinajstić information content (AvgIpc) is 3.06. The van der Waals surface area contributed by atoms with Gasteiger partial charge < -0.3 is 5.11 Å². The van der Waals surface area contributed by atoms with Crippen LogP contribution in [0, 0.1) is 0 Å². The highest BCUT2D eigenvalue weighted by Crippen LogP contribution is 2.38. The van der Waals surface area contributed by atoms with E-state index in [4.69, 9.17) is 0 Å². The lowest BCUT2D eigenvalue weighted by Crippen LogP contribution is -2.25. The summed E-state index contributed by atoms with van der Waals surface area (Å²) in [4.78, 5) is 2.58. The van der Waals surface area contributed by atoms with Gasteiger partial charge in [-0.25, -0.2) is 0 Å². The van der Waals surface area contributed by atoms with Gasteiger partial charge in [0.05, 0.1) is 0 Å². The van der Waals surface area contributed by atoms with Crippen molar-refractivity contribution in [2.24, 2.45) is 0 Å². The Kier molecular flexibility index (Phi) is 7.24. The number of benzene rings is 1. The fourth-order valence-electron chi connectivity index (χ4n) is 3.56. The molecular weight excluding hydrogens is 270 g/mol. The summed E-state index contributed by atoms with van der Waals surface area (Å²) in [6.45, 7) is 7.93. The lowest BCUT2D eigenvalue weighted by atomic mass is 9.95. The quantitative estimate of drug-likeness (QED) is 0.655.